The number of morpholine rings is 1. The maximum Gasteiger partial charge on any atom is 0.228 e. The zero-order valence-corrected chi connectivity index (χ0v) is 11.3. The molecular weight excluding hydrogens is 232 g/mol. The highest BCUT2D eigenvalue weighted by atomic mass is 16.5. The quantitative estimate of drug-likeness (QED) is 0.831. The lowest BCUT2D eigenvalue weighted by molar-refractivity contribution is -0.0334. The topological polar surface area (TPSA) is 63.4 Å². The number of hydrogen-bond donors (Lipinski definition) is 1. The molecular formula is C12H22N4O2. The molecule has 102 valence electrons. The van der Waals surface area contributed by atoms with Gasteiger partial charge in [-0.2, -0.15) is 4.98 Å². The second kappa shape index (κ2) is 6.26. The number of aromatic nitrogens is 2. The maximum absolute atomic E-state index is 5.70. The molecule has 1 aromatic heterocycles. The minimum absolute atomic E-state index is 0.0545. The average molecular weight is 254 g/mol. The van der Waals surface area contributed by atoms with E-state index in [9.17, 15) is 0 Å². The van der Waals surface area contributed by atoms with Crippen LogP contribution in [0.25, 0.3) is 0 Å². The highest BCUT2D eigenvalue weighted by Gasteiger charge is 2.25. The second-order valence-electron chi connectivity index (χ2n) is 4.69. The summed E-state index contributed by atoms with van der Waals surface area (Å²) in [7, 11) is 1.92. The molecule has 2 heterocycles. The minimum atomic E-state index is -0.0545. The Morgan fingerprint density at radius 1 is 1.56 bits per heavy atom. The summed E-state index contributed by atoms with van der Waals surface area (Å²) in [5.74, 6) is 1.34. The Labute approximate surface area is 108 Å². The highest BCUT2D eigenvalue weighted by Crippen LogP contribution is 2.19. The Balaban J connectivity index is 1.96. The Bertz CT molecular complexity index is 369. The summed E-state index contributed by atoms with van der Waals surface area (Å²) >= 11 is 0. The standard InChI is InChI=1S/C12H22N4O2/c1-4-16-5-6-17-10(8-16)12-14-11(18-15-12)7-9(2)13-3/h9-10,13H,4-8H2,1-3H3. The van der Waals surface area contributed by atoms with Gasteiger partial charge in [-0.05, 0) is 20.5 Å². The normalized spacial score (nSPS) is 23.2. The largest absolute Gasteiger partial charge is 0.367 e. The smallest absolute Gasteiger partial charge is 0.228 e. The summed E-state index contributed by atoms with van der Waals surface area (Å²) in [5, 5.41) is 7.18. The van der Waals surface area contributed by atoms with Gasteiger partial charge >= 0.3 is 0 Å². The van der Waals surface area contributed by atoms with Crippen LogP contribution >= 0.6 is 0 Å². The molecule has 0 spiro atoms. The molecule has 1 N–H and O–H groups in total. The van der Waals surface area contributed by atoms with Crippen LogP contribution in [0.4, 0.5) is 0 Å². The van der Waals surface area contributed by atoms with Crippen LogP contribution in [0, 0.1) is 0 Å². The number of nitrogens with one attached hydrogen (secondary N) is 1. The molecule has 2 unspecified atom stereocenters. The van der Waals surface area contributed by atoms with Crippen molar-refractivity contribution < 1.29 is 9.26 Å². The molecule has 6 nitrogen and oxygen atoms in total. The predicted molar refractivity (Wildman–Crippen MR) is 67.3 cm³/mol. The van der Waals surface area contributed by atoms with E-state index in [2.05, 4.69) is 34.2 Å². The van der Waals surface area contributed by atoms with E-state index in [0.717, 1.165) is 32.7 Å². The Kier molecular flexibility index (Phi) is 4.68. The Hall–Kier alpha value is -0.980. The summed E-state index contributed by atoms with van der Waals surface area (Å²) in [6, 6.07) is 0.331. The number of nitrogens with zero attached hydrogens (tertiary/aromatic N) is 3. The van der Waals surface area contributed by atoms with E-state index in [0.29, 0.717) is 17.8 Å². The monoisotopic (exact) mass is 254 g/mol. The van der Waals surface area contributed by atoms with Crippen molar-refractivity contribution in [2.24, 2.45) is 0 Å². The summed E-state index contributed by atoms with van der Waals surface area (Å²) in [6.07, 6.45) is 0.689. The summed E-state index contributed by atoms with van der Waals surface area (Å²) < 4.78 is 11.0. The molecule has 1 aliphatic rings. The zero-order chi connectivity index (χ0) is 13.0. The van der Waals surface area contributed by atoms with Gasteiger partial charge in [0.2, 0.25) is 11.7 Å². The van der Waals surface area contributed by atoms with Crippen LogP contribution in [-0.4, -0.2) is 54.4 Å². The lowest BCUT2D eigenvalue weighted by Gasteiger charge is -2.30. The van der Waals surface area contributed by atoms with Crippen molar-refractivity contribution in [3.63, 3.8) is 0 Å². The average Bonchev–Trinajstić information content (AvgIpc) is 2.87. The minimum Gasteiger partial charge on any atom is -0.367 e. The van der Waals surface area contributed by atoms with Gasteiger partial charge in [-0.25, -0.2) is 0 Å². The number of ether oxygens (including phenoxy) is 1. The van der Waals surface area contributed by atoms with E-state index in [1.54, 1.807) is 0 Å². The molecule has 0 aliphatic carbocycles. The molecule has 0 bridgehead atoms. The van der Waals surface area contributed by atoms with E-state index in [4.69, 9.17) is 9.26 Å². The third-order valence-corrected chi connectivity index (χ3v) is 3.34. The molecule has 0 aromatic carbocycles. The van der Waals surface area contributed by atoms with Crippen molar-refractivity contribution in [1.29, 1.82) is 0 Å². The van der Waals surface area contributed by atoms with Gasteiger partial charge in [-0.15, -0.1) is 0 Å². The third kappa shape index (κ3) is 3.28. The van der Waals surface area contributed by atoms with E-state index < -0.39 is 0 Å². The van der Waals surface area contributed by atoms with E-state index in [1.165, 1.54) is 0 Å². The SMILES string of the molecule is CCN1CCOC(c2noc(CC(C)NC)n2)C1. The summed E-state index contributed by atoms with van der Waals surface area (Å²) in [4.78, 5) is 6.75. The van der Waals surface area contributed by atoms with E-state index >= 15 is 0 Å². The second-order valence-corrected chi connectivity index (χ2v) is 4.69. The van der Waals surface area contributed by atoms with Gasteiger partial charge in [-0.3, -0.25) is 4.90 Å². The molecule has 18 heavy (non-hydrogen) atoms. The van der Waals surface area contributed by atoms with Crippen LogP contribution in [-0.2, 0) is 11.2 Å². The van der Waals surface area contributed by atoms with Gasteiger partial charge in [-0.1, -0.05) is 12.1 Å². The molecule has 1 aromatic rings. The fourth-order valence-corrected chi connectivity index (χ4v) is 1.99. The molecule has 0 amide bonds. The van der Waals surface area contributed by atoms with Gasteiger partial charge < -0.3 is 14.6 Å². The number of rotatable bonds is 5. The van der Waals surface area contributed by atoms with Crippen LogP contribution in [0.1, 0.15) is 31.7 Å². The molecule has 1 fully saturated rings. The first-order valence-electron chi connectivity index (χ1n) is 6.56. The van der Waals surface area contributed by atoms with Crippen LogP contribution < -0.4 is 5.32 Å². The highest BCUT2D eigenvalue weighted by molar-refractivity contribution is 4.95. The lowest BCUT2D eigenvalue weighted by atomic mass is 10.2. The van der Waals surface area contributed by atoms with Gasteiger partial charge in [0.05, 0.1) is 6.61 Å². The number of likely N-dealkylation sites (N-methyl/N-ethyl adjacent to an activating group) is 2. The van der Waals surface area contributed by atoms with Crippen molar-refractivity contribution in [3.8, 4) is 0 Å². The van der Waals surface area contributed by atoms with Gasteiger partial charge in [0.15, 0.2) is 0 Å². The zero-order valence-electron chi connectivity index (χ0n) is 11.3. The van der Waals surface area contributed by atoms with Crippen LogP contribution in [0.5, 0.6) is 0 Å². The van der Waals surface area contributed by atoms with Gasteiger partial charge in [0.1, 0.15) is 6.10 Å². The molecule has 6 heteroatoms. The van der Waals surface area contributed by atoms with Crippen molar-refractivity contribution in [2.75, 3.05) is 33.3 Å². The van der Waals surface area contributed by atoms with Crippen molar-refractivity contribution in [2.45, 2.75) is 32.4 Å². The maximum atomic E-state index is 5.70. The Morgan fingerprint density at radius 2 is 2.39 bits per heavy atom. The predicted octanol–water partition coefficient (Wildman–Crippen LogP) is 0.613. The van der Waals surface area contributed by atoms with Gasteiger partial charge in [0.25, 0.3) is 0 Å². The Morgan fingerprint density at radius 3 is 3.11 bits per heavy atom. The van der Waals surface area contributed by atoms with Crippen molar-refractivity contribution in [1.82, 2.24) is 20.4 Å². The lowest BCUT2D eigenvalue weighted by Crippen LogP contribution is -2.38. The molecule has 0 radical (unpaired) electrons. The fraction of sp³-hybridized carbons (Fsp3) is 0.833. The molecule has 2 rings (SSSR count). The van der Waals surface area contributed by atoms with Gasteiger partial charge in [0, 0.05) is 25.6 Å². The van der Waals surface area contributed by atoms with Crippen LogP contribution in [0.3, 0.4) is 0 Å². The summed E-state index contributed by atoms with van der Waals surface area (Å²) in [5.41, 5.74) is 0. The molecule has 2 atom stereocenters. The first-order chi connectivity index (χ1) is 8.72. The first kappa shape index (κ1) is 13.5. The van der Waals surface area contributed by atoms with Crippen LogP contribution in [0.15, 0.2) is 4.52 Å². The van der Waals surface area contributed by atoms with E-state index in [-0.39, 0.29) is 6.10 Å². The molecule has 1 saturated heterocycles. The van der Waals surface area contributed by atoms with Crippen molar-refractivity contribution in [3.05, 3.63) is 11.7 Å². The van der Waals surface area contributed by atoms with Crippen molar-refractivity contribution >= 4 is 0 Å². The first-order valence-corrected chi connectivity index (χ1v) is 6.56. The molecule has 1 aliphatic heterocycles. The summed E-state index contributed by atoms with van der Waals surface area (Å²) in [6.45, 7) is 7.82. The molecule has 0 saturated carbocycles. The van der Waals surface area contributed by atoms with E-state index in [1.807, 2.05) is 7.05 Å². The third-order valence-electron chi connectivity index (χ3n) is 3.34. The fourth-order valence-electron chi connectivity index (χ4n) is 1.99. The number of hydrogen-bond acceptors (Lipinski definition) is 6. The van der Waals surface area contributed by atoms with Crippen LogP contribution in [0.2, 0.25) is 0 Å².